The van der Waals surface area contributed by atoms with Crippen LogP contribution in [0.2, 0.25) is 0 Å². The quantitative estimate of drug-likeness (QED) is 0.917. The number of benzene rings is 1. The molecule has 1 unspecified atom stereocenters. The number of para-hydroxylation sites is 1. The van der Waals surface area contributed by atoms with E-state index in [9.17, 15) is 13.2 Å². The molecule has 2 N–H and O–H groups in total. The largest absolute Gasteiger partial charge is 0.573 e. The fourth-order valence-corrected chi connectivity index (χ4v) is 2.50. The molecule has 19 heavy (non-hydrogen) atoms. The molecular weight excluding hydrogens is 257 g/mol. The second-order valence-corrected chi connectivity index (χ2v) is 4.58. The summed E-state index contributed by atoms with van der Waals surface area (Å²) in [6.07, 6.45) is -2.57. The topological polar surface area (TPSA) is 38.5 Å². The highest BCUT2D eigenvalue weighted by Crippen LogP contribution is 2.33. The number of ether oxygens (including phenoxy) is 1. The summed E-state index contributed by atoms with van der Waals surface area (Å²) in [6, 6.07) is 6.00. The number of likely N-dealkylation sites (tertiary alicyclic amines) is 1. The minimum absolute atomic E-state index is 0.155. The number of nitrogens with zero attached hydrogens (tertiary/aromatic N) is 1. The molecule has 1 saturated heterocycles. The summed E-state index contributed by atoms with van der Waals surface area (Å²) in [7, 11) is 0. The lowest BCUT2D eigenvalue weighted by atomic mass is 10.0. The van der Waals surface area contributed by atoms with Gasteiger partial charge in [-0.3, -0.25) is 4.90 Å². The number of halogens is 3. The Labute approximate surface area is 110 Å². The molecule has 106 valence electrons. The van der Waals surface area contributed by atoms with Gasteiger partial charge in [0.2, 0.25) is 0 Å². The molecular formula is C13H17F3N2O. The van der Waals surface area contributed by atoms with Crippen molar-refractivity contribution in [2.75, 3.05) is 19.6 Å². The number of hydrogen-bond donors (Lipinski definition) is 1. The van der Waals surface area contributed by atoms with Crippen molar-refractivity contribution in [2.24, 2.45) is 5.73 Å². The number of alkyl halides is 3. The van der Waals surface area contributed by atoms with Crippen molar-refractivity contribution in [1.29, 1.82) is 0 Å². The van der Waals surface area contributed by atoms with Crippen LogP contribution in [0.1, 0.15) is 24.4 Å². The van der Waals surface area contributed by atoms with E-state index in [0.717, 1.165) is 25.9 Å². The molecule has 1 atom stereocenters. The molecule has 3 nitrogen and oxygen atoms in total. The van der Waals surface area contributed by atoms with Crippen LogP contribution in [-0.4, -0.2) is 30.9 Å². The van der Waals surface area contributed by atoms with E-state index in [1.807, 2.05) is 0 Å². The molecule has 2 rings (SSSR count). The van der Waals surface area contributed by atoms with Gasteiger partial charge < -0.3 is 10.5 Å². The van der Waals surface area contributed by atoms with E-state index in [1.165, 1.54) is 12.1 Å². The number of rotatable bonds is 4. The maximum absolute atomic E-state index is 12.4. The zero-order valence-corrected chi connectivity index (χ0v) is 10.5. The lowest BCUT2D eigenvalue weighted by Crippen LogP contribution is -2.32. The van der Waals surface area contributed by atoms with Crippen LogP contribution in [-0.2, 0) is 0 Å². The van der Waals surface area contributed by atoms with Gasteiger partial charge in [0.15, 0.2) is 0 Å². The van der Waals surface area contributed by atoms with Crippen LogP contribution in [0.15, 0.2) is 24.3 Å². The summed E-state index contributed by atoms with van der Waals surface area (Å²) in [6.45, 7) is 2.00. The molecule has 6 heteroatoms. The Balaban J connectivity index is 2.26. The van der Waals surface area contributed by atoms with Crippen LogP contribution in [0.3, 0.4) is 0 Å². The van der Waals surface area contributed by atoms with Gasteiger partial charge in [0.05, 0.1) is 6.04 Å². The first-order valence-corrected chi connectivity index (χ1v) is 6.30. The lowest BCUT2D eigenvalue weighted by molar-refractivity contribution is -0.275. The Morgan fingerprint density at radius 1 is 1.21 bits per heavy atom. The Kier molecular flexibility index (Phi) is 4.31. The summed E-state index contributed by atoms with van der Waals surface area (Å²) < 4.78 is 41.3. The van der Waals surface area contributed by atoms with Crippen molar-refractivity contribution in [3.63, 3.8) is 0 Å². The Bertz CT molecular complexity index is 417. The van der Waals surface area contributed by atoms with Gasteiger partial charge in [-0.15, -0.1) is 13.2 Å². The molecule has 1 aliphatic rings. The van der Waals surface area contributed by atoms with Gasteiger partial charge in [-0.1, -0.05) is 18.2 Å². The van der Waals surface area contributed by atoms with Crippen molar-refractivity contribution < 1.29 is 17.9 Å². The highest BCUT2D eigenvalue weighted by atomic mass is 19.4. The molecule has 0 radical (unpaired) electrons. The average Bonchev–Trinajstić information content (AvgIpc) is 2.84. The van der Waals surface area contributed by atoms with Gasteiger partial charge in [0, 0.05) is 12.1 Å². The predicted molar refractivity (Wildman–Crippen MR) is 65.7 cm³/mol. The second-order valence-electron chi connectivity index (χ2n) is 4.58. The van der Waals surface area contributed by atoms with Gasteiger partial charge in [0.1, 0.15) is 5.75 Å². The third-order valence-electron chi connectivity index (χ3n) is 3.31. The highest BCUT2D eigenvalue weighted by Gasteiger charge is 2.33. The van der Waals surface area contributed by atoms with Crippen LogP contribution in [0.5, 0.6) is 5.75 Å². The lowest BCUT2D eigenvalue weighted by Gasteiger charge is -2.28. The summed E-state index contributed by atoms with van der Waals surface area (Å²) >= 11 is 0. The van der Waals surface area contributed by atoms with E-state index in [2.05, 4.69) is 9.64 Å². The summed E-state index contributed by atoms with van der Waals surface area (Å²) in [5.74, 6) is -0.155. The Morgan fingerprint density at radius 2 is 1.84 bits per heavy atom. The third kappa shape index (κ3) is 3.61. The van der Waals surface area contributed by atoms with Crippen LogP contribution >= 0.6 is 0 Å². The van der Waals surface area contributed by atoms with Crippen molar-refractivity contribution in [3.8, 4) is 5.75 Å². The Hall–Kier alpha value is -1.27. The minimum atomic E-state index is -4.68. The van der Waals surface area contributed by atoms with Crippen molar-refractivity contribution >= 4 is 0 Å². The molecule has 0 aliphatic carbocycles. The second kappa shape index (κ2) is 5.79. The van der Waals surface area contributed by atoms with E-state index >= 15 is 0 Å². The van der Waals surface area contributed by atoms with Gasteiger partial charge in [-0.2, -0.15) is 0 Å². The molecule has 1 heterocycles. The molecule has 0 amide bonds. The van der Waals surface area contributed by atoms with Gasteiger partial charge in [0.25, 0.3) is 0 Å². The van der Waals surface area contributed by atoms with E-state index < -0.39 is 6.36 Å². The van der Waals surface area contributed by atoms with Crippen LogP contribution in [0.4, 0.5) is 13.2 Å². The van der Waals surface area contributed by atoms with Crippen LogP contribution in [0.25, 0.3) is 0 Å². The predicted octanol–water partition coefficient (Wildman–Crippen LogP) is 2.68. The summed E-state index contributed by atoms with van der Waals surface area (Å²) in [5.41, 5.74) is 6.24. The number of nitrogens with two attached hydrogens (primary N) is 1. The molecule has 1 aromatic rings. The van der Waals surface area contributed by atoms with E-state index in [1.54, 1.807) is 12.1 Å². The normalized spacial score (nSPS) is 18.5. The average molecular weight is 274 g/mol. The maximum Gasteiger partial charge on any atom is 0.573 e. The molecule has 0 aromatic heterocycles. The van der Waals surface area contributed by atoms with Crippen molar-refractivity contribution in [2.45, 2.75) is 25.2 Å². The van der Waals surface area contributed by atoms with E-state index in [-0.39, 0.29) is 18.3 Å². The molecule has 0 saturated carbocycles. The SMILES string of the molecule is NCC(c1ccccc1OC(F)(F)F)N1CCCC1. The van der Waals surface area contributed by atoms with Crippen LogP contribution in [0, 0.1) is 0 Å². The van der Waals surface area contributed by atoms with Crippen LogP contribution < -0.4 is 10.5 Å². The van der Waals surface area contributed by atoms with E-state index in [0.29, 0.717) is 5.56 Å². The first kappa shape index (κ1) is 14.1. The molecule has 1 aliphatic heterocycles. The number of hydrogen-bond acceptors (Lipinski definition) is 3. The van der Waals surface area contributed by atoms with Crippen molar-refractivity contribution in [3.05, 3.63) is 29.8 Å². The minimum Gasteiger partial charge on any atom is -0.405 e. The standard InChI is InChI=1S/C13H17F3N2O/c14-13(15,16)19-12-6-2-1-5-10(12)11(9-17)18-7-3-4-8-18/h1-2,5-6,11H,3-4,7-9,17H2. The molecule has 0 bridgehead atoms. The van der Waals surface area contributed by atoms with Gasteiger partial charge >= 0.3 is 6.36 Å². The highest BCUT2D eigenvalue weighted by molar-refractivity contribution is 5.36. The third-order valence-corrected chi connectivity index (χ3v) is 3.31. The monoisotopic (exact) mass is 274 g/mol. The van der Waals surface area contributed by atoms with Crippen molar-refractivity contribution in [1.82, 2.24) is 4.90 Å². The summed E-state index contributed by atoms with van der Waals surface area (Å²) in [4.78, 5) is 2.11. The van der Waals surface area contributed by atoms with Gasteiger partial charge in [-0.25, -0.2) is 0 Å². The molecule has 0 spiro atoms. The first-order chi connectivity index (χ1) is 9.01. The molecule has 1 fully saturated rings. The summed E-state index contributed by atoms with van der Waals surface area (Å²) in [5, 5.41) is 0. The van der Waals surface area contributed by atoms with Gasteiger partial charge in [-0.05, 0) is 32.0 Å². The Morgan fingerprint density at radius 3 is 2.42 bits per heavy atom. The zero-order chi connectivity index (χ0) is 13.9. The molecule has 1 aromatic carbocycles. The smallest absolute Gasteiger partial charge is 0.405 e. The zero-order valence-electron chi connectivity index (χ0n) is 10.5. The van der Waals surface area contributed by atoms with E-state index in [4.69, 9.17) is 5.73 Å². The maximum atomic E-state index is 12.4. The first-order valence-electron chi connectivity index (χ1n) is 6.30. The fraction of sp³-hybridized carbons (Fsp3) is 0.538. The fourth-order valence-electron chi connectivity index (χ4n) is 2.50.